The maximum Gasteiger partial charge on any atom is 0.416 e. The lowest BCUT2D eigenvalue weighted by atomic mass is 10.1. The van der Waals surface area contributed by atoms with Crippen LogP contribution in [0, 0.1) is 13.8 Å². The van der Waals surface area contributed by atoms with Crippen molar-refractivity contribution in [3.8, 4) is 0 Å². The van der Waals surface area contributed by atoms with Crippen LogP contribution in [0.25, 0.3) is 0 Å². The van der Waals surface area contributed by atoms with Crippen molar-refractivity contribution in [1.82, 2.24) is 4.98 Å². The molecular weight excluding hydrogens is 469 g/mol. The Balaban J connectivity index is 1.99. The van der Waals surface area contributed by atoms with Gasteiger partial charge in [-0.3, -0.25) is 4.79 Å². The van der Waals surface area contributed by atoms with E-state index in [-0.39, 0.29) is 27.8 Å². The lowest BCUT2D eigenvalue weighted by Crippen LogP contribution is -2.53. The van der Waals surface area contributed by atoms with Crippen LogP contribution in [0.1, 0.15) is 21.6 Å². The summed E-state index contributed by atoms with van der Waals surface area (Å²) in [5.74, 6) is -0.547. The Labute approximate surface area is 188 Å². The molecule has 7 nitrogen and oxygen atoms in total. The second-order valence-corrected chi connectivity index (χ2v) is 10.4. The first-order valence-corrected chi connectivity index (χ1v) is 11.9. The number of ether oxygens (including phenoxy) is 1. The van der Waals surface area contributed by atoms with Crippen molar-refractivity contribution in [2.45, 2.75) is 37.3 Å². The summed E-state index contributed by atoms with van der Waals surface area (Å²) in [5, 5.41) is 2.96. The zero-order valence-corrected chi connectivity index (χ0v) is 18.9. The van der Waals surface area contributed by atoms with Crippen LogP contribution in [0.15, 0.2) is 33.5 Å². The first-order valence-electron chi connectivity index (χ1n) is 9.63. The van der Waals surface area contributed by atoms with Gasteiger partial charge in [-0.15, -0.1) is 0 Å². The summed E-state index contributed by atoms with van der Waals surface area (Å²) in [5.41, 5.74) is 1.18. The summed E-state index contributed by atoms with van der Waals surface area (Å²) in [7, 11) is -3.12. The van der Waals surface area contributed by atoms with Crippen LogP contribution < -0.4 is 10.2 Å². The van der Waals surface area contributed by atoms with Crippen molar-refractivity contribution in [2.75, 3.05) is 29.6 Å². The number of anilines is 2. The number of carbonyl (C=O) groups is 1. The molecule has 2 aliphatic heterocycles. The molecule has 32 heavy (non-hydrogen) atoms. The highest BCUT2D eigenvalue weighted by Gasteiger charge is 2.47. The van der Waals surface area contributed by atoms with Gasteiger partial charge in [0, 0.05) is 16.8 Å². The first kappa shape index (κ1) is 22.8. The second-order valence-electron chi connectivity index (χ2n) is 7.75. The second kappa shape index (κ2) is 7.89. The van der Waals surface area contributed by atoms with Crippen molar-refractivity contribution in [3.63, 3.8) is 0 Å². The molecule has 4 rings (SSSR count). The van der Waals surface area contributed by atoms with E-state index < -0.39 is 40.7 Å². The number of pyridine rings is 1. The SMILES string of the molecule is Cc1nc2c(c(C)c1Cl)C(=O)Nc1cccc(c1)S(C)(=O)=NC1CN2CC(C(F)(F)F)O1. The minimum Gasteiger partial charge on any atom is -0.348 e. The lowest BCUT2D eigenvalue weighted by molar-refractivity contribution is -0.234. The zero-order valence-electron chi connectivity index (χ0n) is 17.4. The number of nitrogens with one attached hydrogen (secondary N) is 1. The van der Waals surface area contributed by atoms with E-state index >= 15 is 0 Å². The molecule has 12 heteroatoms. The number of fused-ring (bicyclic) bond motifs is 6. The van der Waals surface area contributed by atoms with Crippen LogP contribution in [0.3, 0.4) is 0 Å². The summed E-state index contributed by atoms with van der Waals surface area (Å²) >= 11 is 6.32. The van der Waals surface area contributed by atoms with Crippen molar-refractivity contribution < 1.29 is 26.9 Å². The fraction of sp³-hybridized carbons (Fsp3) is 0.400. The Morgan fingerprint density at radius 3 is 2.69 bits per heavy atom. The normalized spacial score (nSPS) is 25.7. The van der Waals surface area contributed by atoms with Gasteiger partial charge in [0.25, 0.3) is 5.91 Å². The van der Waals surface area contributed by atoms with Gasteiger partial charge in [0.15, 0.2) is 12.3 Å². The van der Waals surface area contributed by atoms with E-state index in [4.69, 9.17) is 16.3 Å². The van der Waals surface area contributed by atoms with E-state index in [1.165, 1.54) is 23.3 Å². The summed E-state index contributed by atoms with van der Waals surface area (Å²) in [4.78, 5) is 19.1. The average molecular weight is 489 g/mol. The third kappa shape index (κ3) is 4.16. The van der Waals surface area contributed by atoms with Crippen molar-refractivity contribution in [3.05, 3.63) is 46.1 Å². The molecule has 3 unspecified atom stereocenters. The molecule has 172 valence electrons. The minimum atomic E-state index is -4.70. The van der Waals surface area contributed by atoms with Crippen LogP contribution in [0.5, 0.6) is 0 Å². The molecule has 1 aromatic heterocycles. The number of carbonyl (C=O) groups excluding carboxylic acids is 1. The number of halogens is 4. The maximum absolute atomic E-state index is 13.7. The van der Waals surface area contributed by atoms with E-state index in [2.05, 4.69) is 14.7 Å². The Morgan fingerprint density at radius 1 is 1.28 bits per heavy atom. The highest BCUT2D eigenvalue weighted by molar-refractivity contribution is 7.93. The van der Waals surface area contributed by atoms with E-state index in [0.717, 1.165) is 0 Å². The molecule has 0 spiro atoms. The Bertz CT molecular complexity index is 1230. The molecule has 1 amide bonds. The Kier molecular flexibility index (Phi) is 5.62. The van der Waals surface area contributed by atoms with Gasteiger partial charge in [0.05, 0.1) is 39.1 Å². The molecule has 1 N–H and O–H groups in total. The first-order chi connectivity index (χ1) is 14.9. The van der Waals surface area contributed by atoms with Crippen LogP contribution in [-0.2, 0) is 14.5 Å². The summed E-state index contributed by atoms with van der Waals surface area (Å²) in [6, 6.07) is 6.20. The van der Waals surface area contributed by atoms with Crippen LogP contribution in [0.2, 0.25) is 5.02 Å². The number of aromatic nitrogens is 1. The van der Waals surface area contributed by atoms with Gasteiger partial charge < -0.3 is 15.0 Å². The number of rotatable bonds is 0. The predicted octanol–water partition coefficient (Wildman–Crippen LogP) is 4.17. The maximum atomic E-state index is 13.7. The average Bonchev–Trinajstić information content (AvgIpc) is 2.70. The van der Waals surface area contributed by atoms with Crippen LogP contribution in [-0.4, -0.2) is 53.0 Å². The zero-order chi connectivity index (χ0) is 23.4. The third-order valence-corrected chi connectivity index (χ3v) is 7.67. The molecule has 3 heterocycles. The van der Waals surface area contributed by atoms with E-state index in [0.29, 0.717) is 16.9 Å². The highest BCUT2D eigenvalue weighted by Crippen LogP contribution is 2.35. The van der Waals surface area contributed by atoms with E-state index in [1.54, 1.807) is 26.0 Å². The fourth-order valence-corrected chi connectivity index (χ4v) is 5.25. The van der Waals surface area contributed by atoms with Gasteiger partial charge in [-0.1, -0.05) is 17.7 Å². The van der Waals surface area contributed by atoms with E-state index in [1.807, 2.05) is 0 Å². The molecule has 0 saturated carbocycles. The van der Waals surface area contributed by atoms with Gasteiger partial charge in [-0.25, -0.2) is 9.19 Å². The lowest BCUT2D eigenvalue weighted by Gasteiger charge is -2.39. The van der Waals surface area contributed by atoms with Crippen molar-refractivity contribution in [1.29, 1.82) is 0 Å². The van der Waals surface area contributed by atoms with Gasteiger partial charge in [0.1, 0.15) is 5.82 Å². The standard InChI is InChI=1S/C20H20ClF3N4O3S/c1-10-16-18(25-11(2)17(10)21)28-8-14(20(22,23)24)31-15(9-28)27-32(3,30)13-6-4-5-12(7-13)26-19(16)29/h4-7,14-15H,8-9H2,1-3H3,(H,26,29). The quantitative estimate of drug-likeness (QED) is 0.601. The molecule has 2 aliphatic rings. The fourth-order valence-electron chi connectivity index (χ4n) is 3.75. The predicted molar refractivity (Wildman–Crippen MR) is 115 cm³/mol. The molecule has 1 fully saturated rings. The molecular formula is C20H20ClF3N4O3S. The minimum absolute atomic E-state index is 0.0407. The van der Waals surface area contributed by atoms with Gasteiger partial charge >= 0.3 is 6.18 Å². The smallest absolute Gasteiger partial charge is 0.348 e. The number of hydrogen-bond acceptors (Lipinski definition) is 6. The van der Waals surface area contributed by atoms with Crippen molar-refractivity contribution in [2.24, 2.45) is 4.36 Å². The van der Waals surface area contributed by atoms with Crippen LogP contribution >= 0.6 is 11.6 Å². The molecule has 1 aromatic carbocycles. The highest BCUT2D eigenvalue weighted by atomic mass is 35.5. The van der Waals surface area contributed by atoms with Gasteiger partial charge in [-0.05, 0) is 37.6 Å². The number of hydrogen-bond donors (Lipinski definition) is 1. The molecule has 3 atom stereocenters. The number of morpholine rings is 1. The number of aryl methyl sites for hydroxylation is 1. The molecule has 0 aliphatic carbocycles. The van der Waals surface area contributed by atoms with Gasteiger partial charge in [-0.2, -0.15) is 17.5 Å². The monoisotopic (exact) mass is 488 g/mol. The summed E-state index contributed by atoms with van der Waals surface area (Å²) in [6.07, 6.45) is -6.93. The number of benzene rings is 1. The van der Waals surface area contributed by atoms with Gasteiger partial charge in [0.2, 0.25) is 0 Å². The molecule has 4 bridgehead atoms. The Morgan fingerprint density at radius 2 is 2.00 bits per heavy atom. The largest absolute Gasteiger partial charge is 0.416 e. The topological polar surface area (TPSA) is 83.9 Å². The Hall–Kier alpha value is -2.37. The number of amides is 1. The molecule has 0 radical (unpaired) electrons. The number of nitrogens with zero attached hydrogens (tertiary/aromatic N) is 3. The molecule has 2 aromatic rings. The molecule has 1 saturated heterocycles. The third-order valence-electron chi connectivity index (χ3n) is 5.34. The number of alkyl halides is 3. The van der Waals surface area contributed by atoms with E-state index in [9.17, 15) is 22.2 Å². The van der Waals surface area contributed by atoms with Crippen molar-refractivity contribution >= 4 is 38.7 Å². The summed E-state index contributed by atoms with van der Waals surface area (Å²) in [6.45, 7) is 2.46. The van der Waals surface area contributed by atoms with Crippen LogP contribution in [0.4, 0.5) is 24.7 Å². The summed E-state index contributed by atoms with van der Waals surface area (Å²) < 4.78 is 63.6.